The van der Waals surface area contributed by atoms with Gasteiger partial charge >= 0.3 is 0 Å². The van der Waals surface area contributed by atoms with E-state index in [0.29, 0.717) is 6.04 Å². The van der Waals surface area contributed by atoms with Crippen LogP contribution in [0.5, 0.6) is 5.75 Å². The van der Waals surface area contributed by atoms with Gasteiger partial charge < -0.3 is 10.1 Å². The topological polar surface area (TPSA) is 51.5 Å². The molecule has 2 aromatic rings. The molecule has 5 nitrogen and oxygen atoms in total. The Hall–Kier alpha value is -1.62. The molecule has 0 radical (unpaired) electrons. The molecule has 0 saturated carbocycles. The van der Waals surface area contributed by atoms with Crippen LogP contribution in [0.15, 0.2) is 18.3 Å². The number of aromatic nitrogens is 3. The number of fused-ring (bicyclic) bond motifs is 1. The van der Waals surface area contributed by atoms with Crippen LogP contribution in [0.4, 0.5) is 0 Å². The average Bonchev–Trinajstić information content (AvgIpc) is 2.96. The van der Waals surface area contributed by atoms with Gasteiger partial charge in [-0.2, -0.15) is 0 Å². The Labute approximate surface area is 93.4 Å². The normalized spacial score (nSPS) is 20.4. The molecule has 0 amide bonds. The molecule has 1 aliphatic heterocycles. The summed E-state index contributed by atoms with van der Waals surface area (Å²) in [5.74, 6) is 1.74. The van der Waals surface area contributed by atoms with Crippen LogP contribution in [0.2, 0.25) is 0 Å². The Kier molecular flexibility index (Phi) is 2.25. The lowest BCUT2D eigenvalue weighted by Gasteiger charge is -2.08. The van der Waals surface area contributed by atoms with Crippen molar-refractivity contribution in [2.45, 2.75) is 18.9 Å². The van der Waals surface area contributed by atoms with Crippen molar-refractivity contribution in [1.29, 1.82) is 0 Å². The highest BCUT2D eigenvalue weighted by Crippen LogP contribution is 2.24. The summed E-state index contributed by atoms with van der Waals surface area (Å²) in [5, 5.41) is 11.9. The zero-order chi connectivity index (χ0) is 11.0. The highest BCUT2D eigenvalue weighted by molar-refractivity contribution is 5.53. The molecule has 0 bridgehead atoms. The molecular formula is C11H14N4O. The summed E-state index contributed by atoms with van der Waals surface area (Å²) < 4.78 is 7.26. The van der Waals surface area contributed by atoms with Gasteiger partial charge in [-0.05, 0) is 31.5 Å². The molecule has 2 aromatic heterocycles. The molecule has 84 valence electrons. The third-order valence-electron chi connectivity index (χ3n) is 3.02. The fourth-order valence-electron chi connectivity index (χ4n) is 2.21. The molecule has 1 aliphatic rings. The Morgan fingerprint density at radius 1 is 1.50 bits per heavy atom. The highest BCUT2D eigenvalue weighted by Gasteiger charge is 2.22. The predicted molar refractivity (Wildman–Crippen MR) is 59.5 cm³/mol. The maximum atomic E-state index is 5.26. The van der Waals surface area contributed by atoms with Crippen molar-refractivity contribution >= 4 is 5.65 Å². The minimum Gasteiger partial charge on any atom is -0.493 e. The molecule has 3 heterocycles. The molecule has 1 atom stereocenters. The number of methoxy groups -OCH3 is 1. The largest absolute Gasteiger partial charge is 0.493 e. The third-order valence-corrected chi connectivity index (χ3v) is 3.02. The number of ether oxygens (including phenoxy) is 1. The zero-order valence-corrected chi connectivity index (χ0v) is 9.18. The first-order valence-electron chi connectivity index (χ1n) is 5.51. The second-order valence-corrected chi connectivity index (χ2v) is 3.98. The van der Waals surface area contributed by atoms with Gasteiger partial charge in [-0.25, -0.2) is 0 Å². The third kappa shape index (κ3) is 1.36. The van der Waals surface area contributed by atoms with Crippen molar-refractivity contribution in [2.75, 3.05) is 13.7 Å². The maximum absolute atomic E-state index is 5.26. The molecule has 0 aromatic carbocycles. The minimum absolute atomic E-state index is 0.321. The van der Waals surface area contributed by atoms with E-state index in [0.717, 1.165) is 30.2 Å². The van der Waals surface area contributed by atoms with Crippen molar-refractivity contribution in [2.24, 2.45) is 0 Å². The summed E-state index contributed by atoms with van der Waals surface area (Å²) in [5.41, 5.74) is 0.786. The van der Waals surface area contributed by atoms with Gasteiger partial charge in [-0.15, -0.1) is 10.2 Å². The number of nitrogens with zero attached hydrogens (tertiary/aromatic N) is 3. The maximum Gasteiger partial charge on any atom is 0.203 e. The van der Waals surface area contributed by atoms with E-state index in [4.69, 9.17) is 4.74 Å². The van der Waals surface area contributed by atoms with E-state index < -0.39 is 0 Å². The number of hydrogen-bond donors (Lipinski definition) is 1. The van der Waals surface area contributed by atoms with E-state index in [9.17, 15) is 0 Å². The van der Waals surface area contributed by atoms with Crippen molar-refractivity contribution in [1.82, 2.24) is 19.9 Å². The second-order valence-electron chi connectivity index (χ2n) is 3.98. The van der Waals surface area contributed by atoms with Crippen LogP contribution in [-0.4, -0.2) is 28.3 Å². The lowest BCUT2D eigenvalue weighted by Crippen LogP contribution is -2.15. The standard InChI is InChI=1S/C11H14N4O/c1-16-9-5-3-7-15-10(13-14-11(9)15)8-4-2-6-12-8/h3,5,7-8,12H,2,4,6H2,1H3. The molecule has 3 rings (SSSR count). The molecule has 1 N–H and O–H groups in total. The van der Waals surface area contributed by atoms with E-state index in [1.807, 2.05) is 22.7 Å². The van der Waals surface area contributed by atoms with Crippen molar-refractivity contribution in [3.05, 3.63) is 24.2 Å². The first-order valence-corrected chi connectivity index (χ1v) is 5.51. The van der Waals surface area contributed by atoms with Gasteiger partial charge in [0.1, 0.15) is 0 Å². The van der Waals surface area contributed by atoms with Crippen LogP contribution in [-0.2, 0) is 0 Å². The number of rotatable bonds is 2. The molecule has 1 saturated heterocycles. The summed E-state index contributed by atoms with van der Waals surface area (Å²) in [4.78, 5) is 0. The van der Waals surface area contributed by atoms with Gasteiger partial charge in [-0.1, -0.05) is 0 Å². The molecule has 5 heteroatoms. The SMILES string of the molecule is COc1cccn2c(C3CCCN3)nnc12. The van der Waals surface area contributed by atoms with Gasteiger partial charge in [0.25, 0.3) is 0 Å². The highest BCUT2D eigenvalue weighted by atomic mass is 16.5. The van der Waals surface area contributed by atoms with Gasteiger partial charge in [0.15, 0.2) is 11.6 Å². The molecule has 0 aliphatic carbocycles. The Bertz CT molecular complexity index is 502. The zero-order valence-electron chi connectivity index (χ0n) is 9.18. The van der Waals surface area contributed by atoms with E-state index in [1.54, 1.807) is 7.11 Å². The van der Waals surface area contributed by atoms with Crippen LogP contribution >= 0.6 is 0 Å². The number of pyridine rings is 1. The van der Waals surface area contributed by atoms with E-state index in [-0.39, 0.29) is 0 Å². The number of hydrogen-bond acceptors (Lipinski definition) is 4. The molecule has 1 fully saturated rings. The molecule has 0 spiro atoms. The van der Waals surface area contributed by atoms with Gasteiger partial charge in [-0.3, -0.25) is 4.40 Å². The van der Waals surface area contributed by atoms with Crippen LogP contribution in [0.25, 0.3) is 5.65 Å². The van der Waals surface area contributed by atoms with Crippen LogP contribution in [0.1, 0.15) is 24.7 Å². The first kappa shape index (κ1) is 9.59. The lowest BCUT2D eigenvalue weighted by atomic mass is 10.2. The molecular weight excluding hydrogens is 204 g/mol. The summed E-state index contributed by atoms with van der Waals surface area (Å²) in [6.45, 7) is 1.06. The van der Waals surface area contributed by atoms with Crippen LogP contribution in [0.3, 0.4) is 0 Å². The van der Waals surface area contributed by atoms with Gasteiger partial charge in [0, 0.05) is 6.20 Å². The summed E-state index contributed by atoms with van der Waals surface area (Å²) in [6.07, 6.45) is 4.30. The van der Waals surface area contributed by atoms with Crippen LogP contribution in [0, 0.1) is 0 Å². The quantitative estimate of drug-likeness (QED) is 0.822. The van der Waals surface area contributed by atoms with Gasteiger partial charge in [0.2, 0.25) is 5.65 Å². The summed E-state index contributed by atoms with van der Waals surface area (Å²) in [7, 11) is 1.65. The fourth-order valence-corrected chi connectivity index (χ4v) is 2.21. The predicted octanol–water partition coefficient (Wildman–Crippen LogP) is 1.16. The lowest BCUT2D eigenvalue weighted by molar-refractivity contribution is 0.416. The Balaban J connectivity index is 2.12. The fraction of sp³-hybridized carbons (Fsp3) is 0.455. The monoisotopic (exact) mass is 218 g/mol. The average molecular weight is 218 g/mol. The van der Waals surface area contributed by atoms with Crippen LogP contribution < -0.4 is 10.1 Å². The Morgan fingerprint density at radius 3 is 3.19 bits per heavy atom. The van der Waals surface area contributed by atoms with Crippen molar-refractivity contribution in [3.63, 3.8) is 0 Å². The minimum atomic E-state index is 0.321. The van der Waals surface area contributed by atoms with Crippen molar-refractivity contribution in [3.8, 4) is 5.75 Å². The van der Waals surface area contributed by atoms with Gasteiger partial charge in [0.05, 0.1) is 13.2 Å². The number of nitrogens with one attached hydrogen (secondary N) is 1. The Morgan fingerprint density at radius 2 is 2.44 bits per heavy atom. The first-order chi connectivity index (χ1) is 7.90. The van der Waals surface area contributed by atoms with E-state index >= 15 is 0 Å². The molecule has 16 heavy (non-hydrogen) atoms. The second kappa shape index (κ2) is 3.75. The van der Waals surface area contributed by atoms with E-state index in [2.05, 4.69) is 15.5 Å². The smallest absolute Gasteiger partial charge is 0.203 e. The molecule has 1 unspecified atom stereocenters. The van der Waals surface area contributed by atoms with E-state index in [1.165, 1.54) is 6.42 Å². The summed E-state index contributed by atoms with van der Waals surface area (Å²) in [6, 6.07) is 4.17. The summed E-state index contributed by atoms with van der Waals surface area (Å²) >= 11 is 0. The van der Waals surface area contributed by atoms with Crippen molar-refractivity contribution < 1.29 is 4.74 Å².